The molecule has 0 aromatic carbocycles. The third-order valence-electron chi connectivity index (χ3n) is 7.01. The molecule has 3 atom stereocenters. The first-order valence-electron chi connectivity index (χ1n) is 9.28. The van der Waals surface area contributed by atoms with Crippen LogP contribution in [0.2, 0.25) is 0 Å². The molecular weight excluding hydrogens is 298 g/mol. The molecule has 5 rings (SSSR count). The lowest BCUT2D eigenvalue weighted by molar-refractivity contribution is -0.180. The van der Waals surface area contributed by atoms with Crippen LogP contribution in [0.25, 0.3) is 0 Å². The van der Waals surface area contributed by atoms with Crippen LogP contribution in [0.15, 0.2) is 18.6 Å². The fraction of sp³-hybridized carbons (Fsp3) is 0.750. The largest absolute Gasteiger partial charge is 0.337 e. The molecule has 1 heterocycles. The molecule has 4 saturated carbocycles. The molecule has 0 saturated heterocycles. The molecular formula is C20H29N3O. The highest BCUT2D eigenvalue weighted by Crippen LogP contribution is 2.69. The Kier molecular flexibility index (Phi) is 3.36. The standard InChI is InChI=1S/C20H29N3O/c1-14(16-5-6-21-13-22-16)23(4)17(24)20-9-15-7-18(2,11-20)10-19(3,8-15)12-20/h5-6,13-15H,7-12H2,1-4H3/t14-,15?,18-,19-,20?/m1/s1. The molecule has 1 aromatic heterocycles. The Hall–Kier alpha value is -1.45. The Bertz CT molecular complexity index is 640. The molecule has 0 spiro atoms. The van der Waals surface area contributed by atoms with Gasteiger partial charge in [0.15, 0.2) is 0 Å². The van der Waals surface area contributed by atoms with E-state index in [0.29, 0.717) is 16.7 Å². The summed E-state index contributed by atoms with van der Waals surface area (Å²) < 4.78 is 0. The summed E-state index contributed by atoms with van der Waals surface area (Å²) in [5.74, 6) is 1.08. The molecule has 0 N–H and O–H groups in total. The summed E-state index contributed by atoms with van der Waals surface area (Å²) in [4.78, 5) is 23.9. The van der Waals surface area contributed by atoms with Crippen molar-refractivity contribution in [3.63, 3.8) is 0 Å². The van der Waals surface area contributed by atoms with E-state index < -0.39 is 0 Å². The molecule has 0 unspecified atom stereocenters. The summed E-state index contributed by atoms with van der Waals surface area (Å²) in [7, 11) is 1.96. The van der Waals surface area contributed by atoms with Gasteiger partial charge in [-0.2, -0.15) is 0 Å². The maximum absolute atomic E-state index is 13.6. The second-order valence-electron chi connectivity index (χ2n) is 9.64. The SMILES string of the molecule is C[C@H](c1ccncn1)N(C)C(=O)C12CC3C[C@@](C)(C1)C[C@@](C)(C3)C2. The predicted molar refractivity (Wildman–Crippen MR) is 93.1 cm³/mol. The quantitative estimate of drug-likeness (QED) is 0.843. The van der Waals surface area contributed by atoms with Gasteiger partial charge in [-0.25, -0.2) is 9.97 Å². The van der Waals surface area contributed by atoms with Gasteiger partial charge in [0, 0.05) is 13.2 Å². The Labute approximate surface area is 145 Å². The Morgan fingerprint density at radius 2 is 1.88 bits per heavy atom. The van der Waals surface area contributed by atoms with Crippen LogP contribution in [-0.4, -0.2) is 27.8 Å². The maximum Gasteiger partial charge on any atom is 0.229 e. The maximum atomic E-state index is 13.6. The van der Waals surface area contributed by atoms with Gasteiger partial charge >= 0.3 is 0 Å². The van der Waals surface area contributed by atoms with E-state index in [-0.39, 0.29) is 11.5 Å². The number of carbonyl (C=O) groups excluding carboxylic acids is 1. The topological polar surface area (TPSA) is 46.1 Å². The molecule has 4 nitrogen and oxygen atoms in total. The fourth-order valence-electron chi connectivity index (χ4n) is 6.98. The molecule has 1 amide bonds. The second kappa shape index (κ2) is 5.03. The number of hydrogen-bond acceptors (Lipinski definition) is 3. The lowest BCUT2D eigenvalue weighted by atomic mass is 9.40. The molecule has 4 aliphatic rings. The molecule has 130 valence electrons. The molecule has 0 aliphatic heterocycles. The highest BCUT2D eigenvalue weighted by atomic mass is 16.2. The zero-order chi connectivity index (χ0) is 17.2. The summed E-state index contributed by atoms with van der Waals surface area (Å²) in [6.45, 7) is 6.92. The van der Waals surface area contributed by atoms with Crippen LogP contribution in [0.4, 0.5) is 0 Å². The molecule has 4 fully saturated rings. The molecule has 0 radical (unpaired) electrons. The van der Waals surface area contributed by atoms with E-state index in [2.05, 4.69) is 30.7 Å². The average Bonchev–Trinajstić information content (AvgIpc) is 2.50. The first-order chi connectivity index (χ1) is 11.2. The number of amides is 1. The van der Waals surface area contributed by atoms with E-state index >= 15 is 0 Å². The lowest BCUT2D eigenvalue weighted by Crippen LogP contribution is -2.60. The van der Waals surface area contributed by atoms with E-state index in [1.807, 2.05) is 18.0 Å². The predicted octanol–water partition coefficient (Wildman–Crippen LogP) is 3.99. The van der Waals surface area contributed by atoms with Gasteiger partial charge < -0.3 is 4.90 Å². The summed E-state index contributed by atoms with van der Waals surface area (Å²) in [6, 6.07) is 1.91. The van der Waals surface area contributed by atoms with Crippen LogP contribution >= 0.6 is 0 Å². The van der Waals surface area contributed by atoms with Gasteiger partial charge in [-0.3, -0.25) is 4.79 Å². The van der Waals surface area contributed by atoms with Crippen LogP contribution in [0, 0.1) is 22.2 Å². The zero-order valence-electron chi connectivity index (χ0n) is 15.4. The highest BCUT2D eigenvalue weighted by Gasteiger charge is 2.63. The van der Waals surface area contributed by atoms with Crippen molar-refractivity contribution in [2.75, 3.05) is 7.05 Å². The van der Waals surface area contributed by atoms with E-state index in [9.17, 15) is 4.79 Å². The van der Waals surface area contributed by atoms with E-state index in [1.54, 1.807) is 12.5 Å². The van der Waals surface area contributed by atoms with Crippen molar-refractivity contribution in [2.24, 2.45) is 22.2 Å². The number of aromatic nitrogens is 2. The normalized spacial score (nSPS) is 41.2. The fourth-order valence-corrected chi connectivity index (χ4v) is 6.98. The van der Waals surface area contributed by atoms with Gasteiger partial charge in [0.05, 0.1) is 17.2 Å². The molecule has 24 heavy (non-hydrogen) atoms. The van der Waals surface area contributed by atoms with Crippen LogP contribution in [0.1, 0.15) is 71.0 Å². The van der Waals surface area contributed by atoms with Crippen molar-refractivity contribution in [3.8, 4) is 0 Å². The van der Waals surface area contributed by atoms with Gasteiger partial charge in [-0.1, -0.05) is 13.8 Å². The van der Waals surface area contributed by atoms with Crippen molar-refractivity contribution < 1.29 is 4.79 Å². The smallest absolute Gasteiger partial charge is 0.229 e. The van der Waals surface area contributed by atoms with Gasteiger partial charge in [0.2, 0.25) is 5.91 Å². The van der Waals surface area contributed by atoms with Gasteiger partial charge in [0.25, 0.3) is 0 Å². The van der Waals surface area contributed by atoms with Gasteiger partial charge in [0.1, 0.15) is 6.33 Å². The summed E-state index contributed by atoms with van der Waals surface area (Å²) in [5.41, 5.74) is 1.51. The molecule has 4 bridgehead atoms. The highest BCUT2D eigenvalue weighted by molar-refractivity contribution is 5.83. The van der Waals surface area contributed by atoms with Crippen LogP contribution in [0.3, 0.4) is 0 Å². The minimum absolute atomic E-state index is 0.00545. The number of carbonyl (C=O) groups is 1. The first-order valence-corrected chi connectivity index (χ1v) is 9.28. The number of nitrogens with zero attached hydrogens (tertiary/aromatic N) is 3. The van der Waals surface area contributed by atoms with Crippen LogP contribution < -0.4 is 0 Å². The van der Waals surface area contributed by atoms with Crippen molar-refractivity contribution in [1.82, 2.24) is 14.9 Å². The van der Waals surface area contributed by atoms with Crippen LogP contribution in [0.5, 0.6) is 0 Å². The second-order valence-corrected chi connectivity index (χ2v) is 9.64. The van der Waals surface area contributed by atoms with Gasteiger partial charge in [-0.05, 0) is 68.3 Å². The minimum atomic E-state index is -0.140. The zero-order valence-corrected chi connectivity index (χ0v) is 15.4. The van der Waals surface area contributed by atoms with Crippen LogP contribution in [-0.2, 0) is 4.79 Å². The Morgan fingerprint density at radius 3 is 2.42 bits per heavy atom. The Balaban J connectivity index is 1.62. The van der Waals surface area contributed by atoms with E-state index in [4.69, 9.17) is 0 Å². The minimum Gasteiger partial charge on any atom is -0.337 e. The number of hydrogen-bond donors (Lipinski definition) is 0. The third kappa shape index (κ3) is 2.37. The third-order valence-corrected chi connectivity index (χ3v) is 7.01. The van der Waals surface area contributed by atoms with E-state index in [0.717, 1.165) is 30.9 Å². The Morgan fingerprint density at radius 1 is 1.21 bits per heavy atom. The van der Waals surface area contributed by atoms with Crippen molar-refractivity contribution in [1.29, 1.82) is 0 Å². The lowest BCUT2D eigenvalue weighted by Gasteiger charge is -2.65. The number of rotatable bonds is 3. The van der Waals surface area contributed by atoms with E-state index in [1.165, 1.54) is 19.3 Å². The monoisotopic (exact) mass is 327 g/mol. The van der Waals surface area contributed by atoms with Crippen molar-refractivity contribution in [2.45, 2.75) is 65.3 Å². The molecule has 1 aromatic rings. The molecule has 4 heteroatoms. The summed E-state index contributed by atoms with van der Waals surface area (Å²) >= 11 is 0. The summed E-state index contributed by atoms with van der Waals surface area (Å²) in [5, 5.41) is 0. The summed E-state index contributed by atoms with van der Waals surface area (Å²) in [6.07, 6.45) is 10.5. The van der Waals surface area contributed by atoms with Gasteiger partial charge in [-0.15, -0.1) is 0 Å². The van der Waals surface area contributed by atoms with Crippen molar-refractivity contribution in [3.05, 3.63) is 24.3 Å². The average molecular weight is 327 g/mol. The van der Waals surface area contributed by atoms with Crippen molar-refractivity contribution >= 4 is 5.91 Å². The first kappa shape index (κ1) is 16.0. The molecule has 4 aliphatic carbocycles.